The topological polar surface area (TPSA) is 76.7 Å². The lowest BCUT2D eigenvalue weighted by Gasteiger charge is -2.06. The molecule has 0 heterocycles. The molecular weight excluding hydrogens is 190 g/mol. The number of nitrogens with zero attached hydrogens (tertiary/aromatic N) is 2. The second-order valence-corrected chi connectivity index (χ2v) is 2.99. The summed E-state index contributed by atoms with van der Waals surface area (Å²) in [6.45, 7) is 1.79. The summed E-state index contributed by atoms with van der Waals surface area (Å²) in [6, 6.07) is 8.94. The van der Waals surface area contributed by atoms with Crippen LogP contribution >= 0.6 is 0 Å². The molecule has 0 radical (unpaired) electrons. The van der Waals surface area contributed by atoms with Gasteiger partial charge in [-0.05, 0) is 18.6 Å². The fourth-order valence-corrected chi connectivity index (χ4v) is 1.19. The highest BCUT2D eigenvalue weighted by atomic mass is 16.1. The van der Waals surface area contributed by atoms with Crippen molar-refractivity contribution in [2.45, 2.75) is 13.3 Å². The van der Waals surface area contributed by atoms with Gasteiger partial charge in [-0.3, -0.25) is 4.79 Å². The van der Waals surface area contributed by atoms with Gasteiger partial charge in [0.25, 0.3) is 0 Å². The highest BCUT2D eigenvalue weighted by Crippen LogP contribution is 2.18. The van der Waals surface area contributed by atoms with E-state index >= 15 is 0 Å². The van der Waals surface area contributed by atoms with Crippen molar-refractivity contribution >= 4 is 11.6 Å². The number of rotatable bonds is 2. The molecule has 1 aromatic carbocycles. The lowest BCUT2D eigenvalue weighted by molar-refractivity contribution is -0.115. The van der Waals surface area contributed by atoms with Crippen LogP contribution in [0.25, 0.3) is 0 Å². The van der Waals surface area contributed by atoms with E-state index in [0.29, 0.717) is 11.3 Å². The molecule has 0 bridgehead atoms. The minimum Gasteiger partial charge on any atom is -0.324 e. The van der Waals surface area contributed by atoms with Crippen LogP contribution in [0.2, 0.25) is 0 Å². The molecule has 4 heteroatoms. The second-order valence-electron chi connectivity index (χ2n) is 2.99. The number of nitriles is 2. The van der Waals surface area contributed by atoms with Gasteiger partial charge in [-0.2, -0.15) is 10.5 Å². The van der Waals surface area contributed by atoms with Crippen LogP contribution in [-0.4, -0.2) is 5.91 Å². The Hall–Kier alpha value is -2.33. The van der Waals surface area contributed by atoms with Gasteiger partial charge in [-0.1, -0.05) is 12.1 Å². The molecule has 1 rings (SSSR count). The largest absolute Gasteiger partial charge is 0.324 e. The molecule has 74 valence electrons. The smallest absolute Gasteiger partial charge is 0.238 e. The van der Waals surface area contributed by atoms with Crippen LogP contribution in [0.1, 0.15) is 17.5 Å². The summed E-state index contributed by atoms with van der Waals surface area (Å²) in [5.41, 5.74) is 1.69. The first-order valence-corrected chi connectivity index (χ1v) is 4.35. The van der Waals surface area contributed by atoms with Crippen molar-refractivity contribution in [2.75, 3.05) is 5.32 Å². The minimum absolute atomic E-state index is 0.210. The third-order valence-electron chi connectivity index (χ3n) is 1.90. The Morgan fingerprint density at radius 3 is 2.80 bits per heavy atom. The van der Waals surface area contributed by atoms with Gasteiger partial charge in [-0.25, -0.2) is 0 Å². The van der Waals surface area contributed by atoms with E-state index in [-0.39, 0.29) is 6.42 Å². The lowest BCUT2D eigenvalue weighted by atomic mass is 10.1. The van der Waals surface area contributed by atoms with Gasteiger partial charge in [0, 0.05) is 0 Å². The number of hydrogen-bond donors (Lipinski definition) is 1. The maximum Gasteiger partial charge on any atom is 0.238 e. The van der Waals surface area contributed by atoms with E-state index in [1.165, 1.54) is 0 Å². The Kier molecular flexibility index (Phi) is 3.43. The highest BCUT2D eigenvalue weighted by molar-refractivity contribution is 5.93. The zero-order valence-corrected chi connectivity index (χ0v) is 8.24. The number of anilines is 1. The SMILES string of the molecule is Cc1cccc(NC(=O)CC#N)c1C#N. The summed E-state index contributed by atoms with van der Waals surface area (Å²) in [5, 5.41) is 19.7. The summed E-state index contributed by atoms with van der Waals surface area (Å²) in [6.07, 6.45) is -0.210. The number of carbonyl (C=O) groups is 1. The standard InChI is InChI=1S/C11H9N3O/c1-8-3-2-4-10(9(8)7-13)14-11(15)5-6-12/h2-4H,5H2,1H3,(H,14,15). The number of aryl methyl sites for hydroxylation is 1. The predicted molar refractivity (Wildman–Crippen MR) is 54.8 cm³/mol. The highest BCUT2D eigenvalue weighted by Gasteiger charge is 2.07. The molecule has 4 nitrogen and oxygen atoms in total. The van der Waals surface area contributed by atoms with Crippen LogP contribution in [0.3, 0.4) is 0 Å². The van der Waals surface area contributed by atoms with Crippen LogP contribution in [-0.2, 0) is 4.79 Å². The second kappa shape index (κ2) is 4.78. The number of amides is 1. The Bertz CT molecular complexity index is 466. The minimum atomic E-state index is -0.403. The van der Waals surface area contributed by atoms with Gasteiger partial charge in [0.05, 0.1) is 17.3 Å². The molecule has 0 fully saturated rings. The number of carbonyl (C=O) groups excluding carboxylic acids is 1. The molecule has 0 unspecified atom stereocenters. The molecule has 1 aromatic rings. The van der Waals surface area contributed by atoms with E-state index in [1.807, 2.05) is 6.07 Å². The van der Waals surface area contributed by atoms with Gasteiger partial charge in [0.15, 0.2) is 0 Å². The van der Waals surface area contributed by atoms with Crippen molar-refractivity contribution in [2.24, 2.45) is 0 Å². The molecule has 0 saturated heterocycles. The van der Waals surface area contributed by atoms with E-state index in [0.717, 1.165) is 5.56 Å². The number of benzene rings is 1. The van der Waals surface area contributed by atoms with E-state index in [4.69, 9.17) is 10.5 Å². The molecule has 15 heavy (non-hydrogen) atoms. The van der Waals surface area contributed by atoms with Crippen LogP contribution < -0.4 is 5.32 Å². The van der Waals surface area contributed by atoms with Gasteiger partial charge >= 0.3 is 0 Å². The van der Waals surface area contributed by atoms with Crippen LogP contribution in [0.15, 0.2) is 18.2 Å². The van der Waals surface area contributed by atoms with E-state index in [1.54, 1.807) is 31.2 Å². The normalized spacial score (nSPS) is 8.73. The zero-order chi connectivity index (χ0) is 11.3. The summed E-state index contributed by atoms with van der Waals surface area (Å²) >= 11 is 0. The first-order valence-electron chi connectivity index (χ1n) is 4.35. The van der Waals surface area contributed by atoms with Crippen molar-refractivity contribution in [3.8, 4) is 12.1 Å². The average Bonchev–Trinajstić information content (AvgIpc) is 2.18. The molecular formula is C11H9N3O. The van der Waals surface area contributed by atoms with Gasteiger partial charge < -0.3 is 5.32 Å². The Balaban J connectivity index is 2.97. The van der Waals surface area contributed by atoms with Crippen molar-refractivity contribution < 1.29 is 4.79 Å². The molecule has 0 atom stereocenters. The molecule has 0 aromatic heterocycles. The van der Waals surface area contributed by atoms with Crippen molar-refractivity contribution in [3.05, 3.63) is 29.3 Å². The summed E-state index contributed by atoms with van der Waals surface area (Å²) in [5.74, 6) is -0.403. The molecule has 0 aliphatic carbocycles. The predicted octanol–water partition coefficient (Wildman–Crippen LogP) is 1.72. The molecule has 0 spiro atoms. The fourth-order valence-electron chi connectivity index (χ4n) is 1.19. The molecule has 0 aliphatic heterocycles. The van der Waals surface area contributed by atoms with Gasteiger partial charge in [-0.15, -0.1) is 0 Å². The fraction of sp³-hybridized carbons (Fsp3) is 0.182. The summed E-state index contributed by atoms with van der Waals surface area (Å²) in [7, 11) is 0. The molecule has 0 aliphatic rings. The molecule has 1 amide bonds. The van der Waals surface area contributed by atoms with E-state index in [9.17, 15) is 4.79 Å². The Labute approximate surface area is 87.8 Å². The molecule has 1 N–H and O–H groups in total. The number of hydrogen-bond acceptors (Lipinski definition) is 3. The summed E-state index contributed by atoms with van der Waals surface area (Å²) in [4.78, 5) is 11.1. The van der Waals surface area contributed by atoms with Gasteiger partial charge in [0.1, 0.15) is 12.5 Å². The summed E-state index contributed by atoms with van der Waals surface area (Å²) < 4.78 is 0. The van der Waals surface area contributed by atoms with E-state index in [2.05, 4.69) is 5.32 Å². The van der Waals surface area contributed by atoms with Crippen LogP contribution in [0, 0.1) is 29.6 Å². The van der Waals surface area contributed by atoms with E-state index < -0.39 is 5.91 Å². The molecule has 0 saturated carbocycles. The van der Waals surface area contributed by atoms with Crippen molar-refractivity contribution in [1.29, 1.82) is 10.5 Å². The zero-order valence-electron chi connectivity index (χ0n) is 8.24. The maximum atomic E-state index is 11.1. The maximum absolute atomic E-state index is 11.1. The first kappa shape index (κ1) is 10.7. The monoisotopic (exact) mass is 199 g/mol. The van der Waals surface area contributed by atoms with Crippen molar-refractivity contribution in [3.63, 3.8) is 0 Å². The third kappa shape index (κ3) is 2.55. The lowest BCUT2D eigenvalue weighted by Crippen LogP contribution is -2.11. The Morgan fingerprint density at radius 1 is 1.47 bits per heavy atom. The van der Waals surface area contributed by atoms with Crippen LogP contribution in [0.4, 0.5) is 5.69 Å². The average molecular weight is 199 g/mol. The van der Waals surface area contributed by atoms with Gasteiger partial charge in [0.2, 0.25) is 5.91 Å². The Morgan fingerprint density at radius 2 is 2.20 bits per heavy atom. The van der Waals surface area contributed by atoms with Crippen LogP contribution in [0.5, 0.6) is 0 Å². The number of nitrogens with one attached hydrogen (secondary N) is 1. The van der Waals surface area contributed by atoms with Crippen molar-refractivity contribution in [1.82, 2.24) is 0 Å². The first-order chi connectivity index (χ1) is 7.19. The quantitative estimate of drug-likeness (QED) is 0.787. The third-order valence-corrected chi connectivity index (χ3v) is 1.90.